The van der Waals surface area contributed by atoms with E-state index in [4.69, 9.17) is 9.84 Å². The lowest BCUT2D eigenvalue weighted by atomic mass is 10.1. The van der Waals surface area contributed by atoms with E-state index in [0.717, 1.165) is 43.7 Å². The highest BCUT2D eigenvalue weighted by Gasteiger charge is 2.11. The number of carbonyl (C=O) groups is 1. The number of aromatic nitrogens is 1. The van der Waals surface area contributed by atoms with Crippen molar-refractivity contribution in [2.45, 2.75) is 45.4 Å². The molecule has 0 radical (unpaired) electrons. The minimum Gasteiger partial charge on any atom is -0.481 e. The van der Waals surface area contributed by atoms with E-state index in [1.807, 2.05) is 0 Å². The number of fused-ring (bicyclic) bond motifs is 1. The summed E-state index contributed by atoms with van der Waals surface area (Å²) in [6, 6.07) is 4.31. The summed E-state index contributed by atoms with van der Waals surface area (Å²) >= 11 is 0. The van der Waals surface area contributed by atoms with Gasteiger partial charge in [0.05, 0.1) is 5.92 Å². The Hall–Kier alpha value is -1.62. The number of aliphatic carboxylic acids is 1. The van der Waals surface area contributed by atoms with Gasteiger partial charge in [-0.05, 0) is 50.2 Å². The Morgan fingerprint density at radius 3 is 3.09 bits per heavy atom. The Balaban J connectivity index is 1.58. The summed E-state index contributed by atoms with van der Waals surface area (Å²) in [7, 11) is 0. The molecule has 1 aromatic rings. The van der Waals surface area contributed by atoms with Crippen LogP contribution in [0.2, 0.25) is 0 Å². The predicted molar refractivity (Wildman–Crippen MR) is 86.2 cm³/mol. The standard InChI is InChI=1S/C17H26N2O3/c1-13(17(20)21)9-12-22-11-3-2-6-15-8-7-14-5-4-10-18-16(14)19-15/h7-8,13H,2-6,9-12H2,1H3,(H,18,19)(H,20,21). The van der Waals surface area contributed by atoms with Gasteiger partial charge >= 0.3 is 5.97 Å². The van der Waals surface area contributed by atoms with Gasteiger partial charge in [0.15, 0.2) is 0 Å². The summed E-state index contributed by atoms with van der Waals surface area (Å²) < 4.78 is 5.49. The first-order valence-corrected chi connectivity index (χ1v) is 8.20. The van der Waals surface area contributed by atoms with Crippen LogP contribution in [0, 0.1) is 5.92 Å². The second kappa shape index (κ2) is 8.73. The molecule has 1 aliphatic heterocycles. The molecule has 2 heterocycles. The first kappa shape index (κ1) is 16.7. The molecule has 1 aliphatic rings. The van der Waals surface area contributed by atoms with Gasteiger partial charge in [-0.15, -0.1) is 0 Å². The molecule has 0 aliphatic carbocycles. The molecule has 1 unspecified atom stereocenters. The lowest BCUT2D eigenvalue weighted by Gasteiger charge is -2.17. The van der Waals surface area contributed by atoms with Gasteiger partial charge < -0.3 is 15.2 Å². The van der Waals surface area contributed by atoms with Crippen LogP contribution in [0.4, 0.5) is 5.82 Å². The first-order chi connectivity index (χ1) is 10.7. The van der Waals surface area contributed by atoms with E-state index in [2.05, 4.69) is 22.4 Å². The molecular weight excluding hydrogens is 280 g/mol. The summed E-state index contributed by atoms with van der Waals surface area (Å²) in [6.45, 7) is 3.94. The molecule has 1 aromatic heterocycles. The first-order valence-electron chi connectivity index (χ1n) is 8.20. The quantitative estimate of drug-likeness (QED) is 0.686. The Morgan fingerprint density at radius 1 is 1.41 bits per heavy atom. The van der Waals surface area contributed by atoms with Crippen LogP contribution in [0.15, 0.2) is 12.1 Å². The molecule has 0 bridgehead atoms. The average molecular weight is 306 g/mol. The second-order valence-electron chi connectivity index (χ2n) is 5.94. The third-order valence-electron chi connectivity index (χ3n) is 4.04. The number of anilines is 1. The third-order valence-corrected chi connectivity index (χ3v) is 4.04. The molecule has 0 amide bonds. The zero-order valence-electron chi connectivity index (χ0n) is 13.3. The van der Waals surface area contributed by atoms with Crippen molar-refractivity contribution >= 4 is 11.8 Å². The van der Waals surface area contributed by atoms with Crippen LogP contribution in [0.1, 0.15) is 43.9 Å². The maximum atomic E-state index is 10.7. The average Bonchev–Trinajstić information content (AvgIpc) is 2.53. The van der Waals surface area contributed by atoms with Crippen molar-refractivity contribution in [2.75, 3.05) is 25.1 Å². The second-order valence-corrected chi connectivity index (χ2v) is 5.94. The van der Waals surface area contributed by atoms with Gasteiger partial charge in [0.1, 0.15) is 5.82 Å². The summed E-state index contributed by atoms with van der Waals surface area (Å²) in [4.78, 5) is 15.3. The fourth-order valence-electron chi connectivity index (χ4n) is 2.50. The summed E-state index contributed by atoms with van der Waals surface area (Å²) in [5.74, 6) is -0.0226. The maximum Gasteiger partial charge on any atom is 0.306 e. The molecule has 0 saturated heterocycles. The fraction of sp³-hybridized carbons (Fsp3) is 0.647. The molecule has 5 heteroatoms. The van der Waals surface area contributed by atoms with Crippen molar-refractivity contribution in [3.63, 3.8) is 0 Å². The van der Waals surface area contributed by atoms with E-state index in [1.54, 1.807) is 6.92 Å². The SMILES string of the molecule is CC(CCOCCCCc1ccc2c(n1)NCCC2)C(=O)O. The highest BCUT2D eigenvalue weighted by atomic mass is 16.5. The molecule has 0 aromatic carbocycles. The predicted octanol–water partition coefficient (Wildman–Crippen LogP) is 2.89. The molecular formula is C17H26N2O3. The van der Waals surface area contributed by atoms with Gasteiger partial charge in [-0.25, -0.2) is 4.98 Å². The Kier molecular flexibility index (Phi) is 6.65. The topological polar surface area (TPSA) is 71.5 Å². The Labute approximate surface area is 132 Å². The minimum atomic E-state index is -0.754. The minimum absolute atomic E-state index is 0.327. The van der Waals surface area contributed by atoms with Crippen molar-refractivity contribution in [2.24, 2.45) is 5.92 Å². The van der Waals surface area contributed by atoms with E-state index >= 15 is 0 Å². The number of nitrogens with one attached hydrogen (secondary N) is 1. The van der Waals surface area contributed by atoms with Gasteiger partial charge in [-0.1, -0.05) is 13.0 Å². The van der Waals surface area contributed by atoms with Crippen LogP contribution in [0.3, 0.4) is 0 Å². The number of aryl methyl sites for hydroxylation is 2. The van der Waals surface area contributed by atoms with Gasteiger partial charge in [0.25, 0.3) is 0 Å². The van der Waals surface area contributed by atoms with Crippen LogP contribution in [-0.2, 0) is 22.4 Å². The fourth-order valence-corrected chi connectivity index (χ4v) is 2.50. The lowest BCUT2D eigenvalue weighted by molar-refractivity contribution is -0.141. The largest absolute Gasteiger partial charge is 0.481 e. The van der Waals surface area contributed by atoms with E-state index in [1.165, 1.54) is 12.0 Å². The van der Waals surface area contributed by atoms with Crippen molar-refractivity contribution in [1.29, 1.82) is 0 Å². The molecule has 1 atom stereocenters. The number of ether oxygens (including phenoxy) is 1. The summed E-state index contributed by atoms with van der Waals surface area (Å²) in [6.07, 6.45) is 5.87. The molecule has 2 rings (SSSR count). The van der Waals surface area contributed by atoms with E-state index in [-0.39, 0.29) is 5.92 Å². The van der Waals surface area contributed by atoms with Crippen LogP contribution in [-0.4, -0.2) is 35.8 Å². The van der Waals surface area contributed by atoms with Crippen molar-refractivity contribution in [3.05, 3.63) is 23.4 Å². The highest BCUT2D eigenvalue weighted by Crippen LogP contribution is 2.20. The van der Waals surface area contributed by atoms with E-state index in [0.29, 0.717) is 19.6 Å². The number of hydrogen-bond donors (Lipinski definition) is 2. The molecule has 2 N–H and O–H groups in total. The van der Waals surface area contributed by atoms with E-state index in [9.17, 15) is 4.79 Å². The van der Waals surface area contributed by atoms with Crippen molar-refractivity contribution in [1.82, 2.24) is 4.98 Å². The maximum absolute atomic E-state index is 10.7. The number of pyridine rings is 1. The number of carboxylic acid groups (broad SMARTS) is 1. The van der Waals surface area contributed by atoms with Crippen LogP contribution >= 0.6 is 0 Å². The Morgan fingerprint density at radius 2 is 2.27 bits per heavy atom. The molecule has 0 fully saturated rings. The normalized spacial score (nSPS) is 15.0. The lowest BCUT2D eigenvalue weighted by Crippen LogP contribution is -2.14. The van der Waals surface area contributed by atoms with Crippen molar-refractivity contribution in [3.8, 4) is 0 Å². The summed E-state index contributed by atoms with van der Waals surface area (Å²) in [5.41, 5.74) is 2.46. The number of rotatable bonds is 9. The third kappa shape index (κ3) is 5.30. The van der Waals surface area contributed by atoms with Gasteiger partial charge in [-0.3, -0.25) is 4.79 Å². The number of hydrogen-bond acceptors (Lipinski definition) is 4. The van der Waals surface area contributed by atoms with E-state index < -0.39 is 5.97 Å². The molecule has 22 heavy (non-hydrogen) atoms. The smallest absolute Gasteiger partial charge is 0.306 e. The van der Waals surface area contributed by atoms with Crippen LogP contribution in [0.5, 0.6) is 0 Å². The monoisotopic (exact) mass is 306 g/mol. The number of nitrogens with zero attached hydrogens (tertiary/aromatic N) is 1. The molecule has 0 saturated carbocycles. The highest BCUT2D eigenvalue weighted by molar-refractivity contribution is 5.69. The molecule has 5 nitrogen and oxygen atoms in total. The van der Waals surface area contributed by atoms with Gasteiger partial charge in [-0.2, -0.15) is 0 Å². The van der Waals surface area contributed by atoms with Crippen molar-refractivity contribution < 1.29 is 14.6 Å². The van der Waals surface area contributed by atoms with Crippen LogP contribution in [0.25, 0.3) is 0 Å². The zero-order chi connectivity index (χ0) is 15.8. The summed E-state index contributed by atoms with van der Waals surface area (Å²) in [5, 5.41) is 12.1. The molecule has 0 spiro atoms. The van der Waals surface area contributed by atoms with Gasteiger partial charge in [0, 0.05) is 25.5 Å². The van der Waals surface area contributed by atoms with Gasteiger partial charge in [0.2, 0.25) is 0 Å². The number of carboxylic acids is 1. The number of unbranched alkanes of at least 4 members (excludes halogenated alkanes) is 1. The zero-order valence-corrected chi connectivity index (χ0v) is 13.3. The molecule has 122 valence electrons. The van der Waals surface area contributed by atoms with Crippen LogP contribution < -0.4 is 5.32 Å². The Bertz CT molecular complexity index is 491.